The first-order chi connectivity index (χ1) is 7.29. The largest absolute Gasteiger partial charge is 0.323 e. The summed E-state index contributed by atoms with van der Waals surface area (Å²) in [7, 11) is -2.87. The van der Waals surface area contributed by atoms with Gasteiger partial charge in [0.2, 0.25) is 0 Å². The van der Waals surface area contributed by atoms with E-state index in [9.17, 15) is 8.42 Å². The Hall–Kier alpha value is 0.0900. The summed E-state index contributed by atoms with van der Waals surface area (Å²) >= 11 is 5.07. The summed E-state index contributed by atoms with van der Waals surface area (Å²) < 4.78 is 23.0. The third-order valence-electron chi connectivity index (χ3n) is 2.27. The van der Waals surface area contributed by atoms with E-state index in [-0.39, 0.29) is 11.8 Å². The van der Waals surface area contributed by atoms with E-state index < -0.39 is 9.84 Å². The number of hydrogen-bond acceptors (Lipinski definition) is 4. The molecule has 0 saturated carbocycles. The Labute approximate surface area is 109 Å². The molecule has 0 aliphatic heterocycles. The number of nitrogens with two attached hydrogens (primary N) is 1. The second-order valence-corrected chi connectivity index (χ2v) is 8.65. The molecule has 1 rings (SSSR count). The number of aryl methyl sites for hydroxylation is 1. The minimum absolute atomic E-state index is 0.0586. The number of halogens is 1. The average Bonchev–Trinajstić information content (AvgIpc) is 2.45. The predicted octanol–water partition coefficient (Wildman–Crippen LogP) is 2.64. The first-order valence-corrected chi connectivity index (χ1v) is 8.66. The highest BCUT2D eigenvalue weighted by Gasteiger charge is 2.12. The standard InChI is InChI=1S/C10H16BrNO2S2/c1-7-6-9(15-10(7)11)8(12)4-3-5-16(2,13)14/h6,8H,3-5,12H2,1-2H3. The molecule has 1 unspecified atom stereocenters. The first-order valence-electron chi connectivity index (χ1n) is 4.99. The molecule has 0 aromatic carbocycles. The topological polar surface area (TPSA) is 60.2 Å². The van der Waals surface area contributed by atoms with Crippen molar-refractivity contribution in [2.45, 2.75) is 25.8 Å². The molecule has 1 atom stereocenters. The van der Waals surface area contributed by atoms with Gasteiger partial charge in [0, 0.05) is 22.9 Å². The van der Waals surface area contributed by atoms with Gasteiger partial charge >= 0.3 is 0 Å². The summed E-state index contributed by atoms with van der Waals surface area (Å²) in [5, 5.41) is 0. The monoisotopic (exact) mass is 325 g/mol. The predicted molar refractivity (Wildman–Crippen MR) is 72.6 cm³/mol. The van der Waals surface area contributed by atoms with Gasteiger partial charge in [-0.3, -0.25) is 0 Å². The molecule has 92 valence electrons. The Kier molecular flexibility index (Phi) is 4.97. The van der Waals surface area contributed by atoms with E-state index in [4.69, 9.17) is 5.73 Å². The van der Waals surface area contributed by atoms with Crippen LogP contribution in [0.15, 0.2) is 9.85 Å². The van der Waals surface area contributed by atoms with E-state index in [0.29, 0.717) is 12.8 Å². The second-order valence-electron chi connectivity index (χ2n) is 3.98. The van der Waals surface area contributed by atoms with Crippen LogP contribution in [0, 0.1) is 6.92 Å². The van der Waals surface area contributed by atoms with Crippen molar-refractivity contribution in [3.8, 4) is 0 Å². The molecule has 0 fully saturated rings. The van der Waals surface area contributed by atoms with Gasteiger partial charge in [-0.15, -0.1) is 11.3 Å². The summed E-state index contributed by atoms with van der Waals surface area (Å²) in [5.41, 5.74) is 7.18. The summed E-state index contributed by atoms with van der Waals surface area (Å²) in [4.78, 5) is 1.11. The van der Waals surface area contributed by atoms with Crippen molar-refractivity contribution >= 4 is 37.1 Å². The van der Waals surface area contributed by atoms with Crippen LogP contribution in [-0.2, 0) is 9.84 Å². The molecule has 0 saturated heterocycles. The fourth-order valence-electron chi connectivity index (χ4n) is 1.37. The molecule has 1 heterocycles. The highest BCUT2D eigenvalue weighted by Crippen LogP contribution is 2.32. The third-order valence-corrected chi connectivity index (χ3v) is 5.57. The summed E-state index contributed by atoms with van der Waals surface area (Å²) in [6.07, 6.45) is 2.58. The highest BCUT2D eigenvalue weighted by atomic mass is 79.9. The van der Waals surface area contributed by atoms with E-state index in [0.717, 1.165) is 8.66 Å². The summed E-state index contributed by atoms with van der Waals surface area (Å²) in [5.74, 6) is 0.215. The molecular weight excluding hydrogens is 310 g/mol. The molecule has 0 spiro atoms. The van der Waals surface area contributed by atoms with Crippen LogP contribution in [0.25, 0.3) is 0 Å². The third kappa shape index (κ3) is 4.53. The lowest BCUT2D eigenvalue weighted by atomic mass is 10.1. The van der Waals surface area contributed by atoms with Crippen molar-refractivity contribution in [3.63, 3.8) is 0 Å². The average molecular weight is 326 g/mol. The molecule has 0 bridgehead atoms. The van der Waals surface area contributed by atoms with Gasteiger partial charge in [0.1, 0.15) is 9.84 Å². The number of rotatable bonds is 5. The lowest BCUT2D eigenvalue weighted by Gasteiger charge is -2.08. The van der Waals surface area contributed by atoms with Gasteiger partial charge in [-0.05, 0) is 47.3 Å². The minimum Gasteiger partial charge on any atom is -0.323 e. The molecule has 1 aromatic heterocycles. The smallest absolute Gasteiger partial charge is 0.147 e. The molecule has 3 nitrogen and oxygen atoms in total. The van der Waals surface area contributed by atoms with E-state index in [2.05, 4.69) is 22.0 Å². The lowest BCUT2D eigenvalue weighted by Crippen LogP contribution is -2.11. The van der Waals surface area contributed by atoms with Gasteiger partial charge < -0.3 is 5.73 Å². The maximum absolute atomic E-state index is 11.0. The number of thiophene rings is 1. The fraction of sp³-hybridized carbons (Fsp3) is 0.600. The Balaban J connectivity index is 2.50. The SMILES string of the molecule is Cc1cc(C(N)CCCS(C)(=O)=O)sc1Br. The van der Waals surface area contributed by atoms with Crippen molar-refractivity contribution in [1.82, 2.24) is 0 Å². The number of sulfone groups is 1. The van der Waals surface area contributed by atoms with Gasteiger partial charge in [0.05, 0.1) is 3.79 Å². The lowest BCUT2D eigenvalue weighted by molar-refractivity contribution is 0.589. The first kappa shape index (κ1) is 14.2. The van der Waals surface area contributed by atoms with Crippen LogP contribution in [0.1, 0.15) is 29.3 Å². The minimum atomic E-state index is -2.87. The van der Waals surface area contributed by atoms with Crippen LogP contribution in [-0.4, -0.2) is 20.4 Å². The van der Waals surface area contributed by atoms with Gasteiger partial charge in [-0.25, -0.2) is 8.42 Å². The van der Waals surface area contributed by atoms with Crippen molar-refractivity contribution < 1.29 is 8.42 Å². The Morgan fingerprint density at radius 2 is 2.19 bits per heavy atom. The van der Waals surface area contributed by atoms with Crippen LogP contribution in [0.5, 0.6) is 0 Å². The van der Waals surface area contributed by atoms with Crippen molar-refractivity contribution in [2.75, 3.05) is 12.0 Å². The Bertz CT molecular complexity index is 434. The van der Waals surface area contributed by atoms with Gasteiger partial charge in [-0.1, -0.05) is 0 Å². The molecule has 0 aliphatic rings. The van der Waals surface area contributed by atoms with E-state index >= 15 is 0 Å². The van der Waals surface area contributed by atoms with E-state index in [1.807, 2.05) is 6.92 Å². The van der Waals surface area contributed by atoms with Crippen LogP contribution in [0.4, 0.5) is 0 Å². The normalized spacial score (nSPS) is 14.0. The van der Waals surface area contributed by atoms with Crippen molar-refractivity contribution in [3.05, 3.63) is 20.3 Å². The molecule has 6 heteroatoms. The van der Waals surface area contributed by atoms with Crippen LogP contribution >= 0.6 is 27.3 Å². The quantitative estimate of drug-likeness (QED) is 0.905. The Morgan fingerprint density at radius 3 is 2.62 bits per heavy atom. The molecule has 16 heavy (non-hydrogen) atoms. The van der Waals surface area contributed by atoms with Crippen LogP contribution < -0.4 is 5.73 Å². The maximum atomic E-state index is 11.0. The van der Waals surface area contributed by atoms with Gasteiger partial charge in [0.25, 0.3) is 0 Å². The van der Waals surface area contributed by atoms with Crippen LogP contribution in [0.3, 0.4) is 0 Å². The fourth-order valence-corrected chi connectivity index (χ4v) is 3.67. The zero-order chi connectivity index (χ0) is 12.3. The highest BCUT2D eigenvalue weighted by molar-refractivity contribution is 9.11. The second kappa shape index (κ2) is 5.62. The summed E-state index contributed by atoms with van der Waals surface area (Å²) in [6.45, 7) is 2.02. The molecule has 0 radical (unpaired) electrons. The molecule has 2 N–H and O–H groups in total. The molecular formula is C10H16BrNO2S2. The van der Waals surface area contributed by atoms with Crippen molar-refractivity contribution in [2.24, 2.45) is 5.73 Å². The maximum Gasteiger partial charge on any atom is 0.147 e. The van der Waals surface area contributed by atoms with E-state index in [1.54, 1.807) is 11.3 Å². The molecule has 0 aliphatic carbocycles. The zero-order valence-electron chi connectivity index (χ0n) is 9.36. The summed E-state index contributed by atoms with van der Waals surface area (Å²) in [6, 6.07) is 2.00. The van der Waals surface area contributed by atoms with Gasteiger partial charge in [-0.2, -0.15) is 0 Å². The molecule has 0 amide bonds. The van der Waals surface area contributed by atoms with Crippen molar-refractivity contribution in [1.29, 1.82) is 0 Å². The van der Waals surface area contributed by atoms with E-state index in [1.165, 1.54) is 11.8 Å². The Morgan fingerprint density at radius 1 is 1.56 bits per heavy atom. The number of hydrogen-bond donors (Lipinski definition) is 1. The zero-order valence-corrected chi connectivity index (χ0v) is 12.6. The molecule has 1 aromatic rings. The van der Waals surface area contributed by atoms with Crippen LogP contribution in [0.2, 0.25) is 0 Å². The van der Waals surface area contributed by atoms with Gasteiger partial charge in [0.15, 0.2) is 0 Å².